The highest BCUT2D eigenvalue weighted by Gasteiger charge is 2.38. The van der Waals surface area contributed by atoms with Crippen LogP contribution in [0.2, 0.25) is 0 Å². The first kappa shape index (κ1) is 39.4. The van der Waals surface area contributed by atoms with Crippen LogP contribution in [0, 0.1) is 19.3 Å². The lowest BCUT2D eigenvalue weighted by atomic mass is 9.80. The first-order chi connectivity index (χ1) is 25.8. The summed E-state index contributed by atoms with van der Waals surface area (Å²) in [5.41, 5.74) is 4.48. The zero-order valence-electron chi connectivity index (χ0n) is 31.6. The van der Waals surface area contributed by atoms with Crippen LogP contribution in [0.3, 0.4) is 0 Å². The van der Waals surface area contributed by atoms with Crippen molar-refractivity contribution >= 4 is 17.9 Å². The van der Waals surface area contributed by atoms with E-state index in [9.17, 15) is 19.5 Å². The van der Waals surface area contributed by atoms with Gasteiger partial charge in [-0.3, -0.25) is 14.6 Å². The first-order valence-electron chi connectivity index (χ1n) is 18.0. The average Bonchev–Trinajstić information content (AvgIpc) is 3.51. The molecule has 282 valence electrons. The monoisotopic (exact) mass is 731 g/mol. The van der Waals surface area contributed by atoms with Crippen molar-refractivity contribution in [3.05, 3.63) is 143 Å². The van der Waals surface area contributed by atoms with Crippen LogP contribution in [-0.2, 0) is 16.0 Å². The maximum absolute atomic E-state index is 14.1. The summed E-state index contributed by atoms with van der Waals surface area (Å²) in [6.45, 7) is 8.90. The number of aliphatic hydroxyl groups is 1. The molecule has 5 rings (SSSR count). The number of nitrogens with one attached hydrogen (secondary N) is 3. The van der Waals surface area contributed by atoms with Crippen LogP contribution in [0.4, 0.5) is 4.79 Å². The Kier molecular flexibility index (Phi) is 13.0. The van der Waals surface area contributed by atoms with Gasteiger partial charge >= 0.3 is 6.09 Å². The van der Waals surface area contributed by atoms with E-state index in [1.807, 2.05) is 124 Å². The van der Waals surface area contributed by atoms with E-state index in [0.717, 1.165) is 27.9 Å². The number of carbonyl (C=O) groups is 3. The maximum Gasteiger partial charge on any atom is 0.407 e. The number of carbonyl (C=O) groups excluding carboxylic acids is 3. The second-order valence-corrected chi connectivity index (χ2v) is 14.6. The van der Waals surface area contributed by atoms with E-state index < -0.39 is 53.5 Å². The van der Waals surface area contributed by atoms with Crippen molar-refractivity contribution in [1.82, 2.24) is 26.1 Å². The number of ether oxygens (including phenoxy) is 1. The molecule has 3 amide bonds. The Morgan fingerprint density at radius 2 is 1.43 bits per heavy atom. The van der Waals surface area contributed by atoms with Gasteiger partial charge in [-0.1, -0.05) is 117 Å². The van der Waals surface area contributed by atoms with Gasteiger partial charge in [0.1, 0.15) is 17.4 Å². The molecular weight excluding hydrogens is 683 g/mol. The highest BCUT2D eigenvalue weighted by molar-refractivity contribution is 5.96. The average molecular weight is 732 g/mol. The van der Waals surface area contributed by atoms with Crippen molar-refractivity contribution in [2.45, 2.75) is 77.6 Å². The number of aromatic nitrogens is 2. The van der Waals surface area contributed by atoms with E-state index in [1.54, 1.807) is 20.0 Å². The van der Waals surface area contributed by atoms with E-state index >= 15 is 0 Å². The predicted octanol–water partition coefficient (Wildman–Crippen LogP) is 6.53. The number of pyridine rings is 1. The second-order valence-electron chi connectivity index (χ2n) is 14.6. The van der Waals surface area contributed by atoms with E-state index in [1.165, 1.54) is 7.11 Å². The quantitative estimate of drug-likeness (QED) is 0.101. The van der Waals surface area contributed by atoms with Crippen molar-refractivity contribution in [3.8, 4) is 11.3 Å². The molecule has 0 aliphatic rings. The fraction of sp³-hybridized carbons (Fsp3) is 0.326. The molecule has 0 fully saturated rings. The molecule has 4 N–H and O–H groups in total. The van der Waals surface area contributed by atoms with Gasteiger partial charge in [-0.2, -0.15) is 0 Å². The Labute approximate surface area is 316 Å². The van der Waals surface area contributed by atoms with E-state index in [0.29, 0.717) is 23.4 Å². The van der Waals surface area contributed by atoms with Crippen molar-refractivity contribution in [2.24, 2.45) is 5.41 Å². The number of amides is 3. The SMILES string of the molecule is COC(=O)N[C@H](C(=O)N[C@@H](Cc1ccc(-c2ccccn2)cc1)C[C@H](O)[C@@H](NC(=O)c1c(C)noc1C)C(c1ccccc1)c1ccccc1)C(C)(C)C. The number of benzene rings is 3. The number of hydrogen-bond donors (Lipinski definition) is 4. The molecule has 0 spiro atoms. The molecule has 54 heavy (non-hydrogen) atoms. The molecule has 0 radical (unpaired) electrons. The van der Waals surface area contributed by atoms with Gasteiger partial charge in [0.2, 0.25) is 5.91 Å². The summed E-state index contributed by atoms with van der Waals surface area (Å²) in [5.74, 6) is -0.994. The van der Waals surface area contributed by atoms with Crippen LogP contribution in [0.25, 0.3) is 11.3 Å². The Morgan fingerprint density at radius 3 is 1.94 bits per heavy atom. The van der Waals surface area contributed by atoms with Gasteiger partial charge in [-0.05, 0) is 60.9 Å². The molecule has 3 aromatic carbocycles. The second kappa shape index (κ2) is 17.8. The molecule has 2 aromatic heterocycles. The van der Waals surface area contributed by atoms with Crippen molar-refractivity contribution in [3.63, 3.8) is 0 Å². The van der Waals surface area contributed by atoms with E-state index in [4.69, 9.17) is 9.26 Å². The number of methoxy groups -OCH3 is 1. The highest BCUT2D eigenvalue weighted by atomic mass is 16.5. The number of rotatable bonds is 14. The lowest BCUT2D eigenvalue weighted by molar-refractivity contribution is -0.126. The summed E-state index contributed by atoms with van der Waals surface area (Å²) >= 11 is 0. The number of aryl methyl sites for hydroxylation is 2. The molecular formula is C43H49N5O6. The Morgan fingerprint density at radius 1 is 0.815 bits per heavy atom. The first-order valence-corrected chi connectivity index (χ1v) is 18.0. The summed E-state index contributed by atoms with van der Waals surface area (Å²) in [6, 6.07) is 30.5. The normalized spacial score (nSPS) is 13.7. The minimum atomic E-state index is -1.18. The summed E-state index contributed by atoms with van der Waals surface area (Å²) in [5, 5.41) is 25.4. The molecule has 11 nitrogen and oxygen atoms in total. The van der Waals surface area contributed by atoms with Gasteiger partial charge in [-0.15, -0.1) is 0 Å². The van der Waals surface area contributed by atoms with Crippen LogP contribution in [-0.4, -0.2) is 64.5 Å². The van der Waals surface area contributed by atoms with Crippen LogP contribution in [0.1, 0.15) is 71.6 Å². The highest BCUT2D eigenvalue weighted by Crippen LogP contribution is 2.32. The fourth-order valence-electron chi connectivity index (χ4n) is 6.76. The number of aliphatic hydroxyl groups excluding tert-OH is 1. The summed E-state index contributed by atoms with van der Waals surface area (Å²) < 4.78 is 10.2. The molecule has 11 heteroatoms. The summed E-state index contributed by atoms with van der Waals surface area (Å²) in [6.07, 6.45) is 0.211. The predicted molar refractivity (Wildman–Crippen MR) is 207 cm³/mol. The fourth-order valence-corrected chi connectivity index (χ4v) is 6.76. The third-order valence-corrected chi connectivity index (χ3v) is 9.49. The smallest absolute Gasteiger partial charge is 0.407 e. The Bertz CT molecular complexity index is 1920. The summed E-state index contributed by atoms with van der Waals surface area (Å²) in [4.78, 5) is 44.9. The largest absolute Gasteiger partial charge is 0.453 e. The molecule has 0 saturated carbocycles. The van der Waals surface area contributed by atoms with Gasteiger partial charge in [0.15, 0.2) is 0 Å². The number of nitrogens with zero attached hydrogens (tertiary/aromatic N) is 2. The minimum Gasteiger partial charge on any atom is -0.453 e. The van der Waals surface area contributed by atoms with Gasteiger partial charge in [0.05, 0.1) is 30.6 Å². The van der Waals surface area contributed by atoms with Gasteiger partial charge in [0, 0.05) is 23.7 Å². The molecule has 0 unspecified atom stereocenters. The summed E-state index contributed by atoms with van der Waals surface area (Å²) in [7, 11) is 1.24. The Balaban J connectivity index is 1.53. The molecule has 0 saturated heterocycles. The van der Waals surface area contributed by atoms with Crippen LogP contribution in [0.5, 0.6) is 0 Å². The van der Waals surface area contributed by atoms with Crippen molar-refractivity contribution in [1.29, 1.82) is 0 Å². The van der Waals surface area contributed by atoms with Crippen molar-refractivity contribution in [2.75, 3.05) is 7.11 Å². The van der Waals surface area contributed by atoms with Crippen LogP contribution in [0.15, 0.2) is 114 Å². The third kappa shape index (κ3) is 9.99. The standard InChI is InChI=1S/C43H49N5O6/c1-27-36(28(2)54-48-27)40(50)46-38(37(31-15-9-7-10-16-31)32-17-11-8-12-18-32)35(49)26-33(45-41(51)39(43(3,4)5)47-42(52)53-6)25-29-20-22-30(23-21-29)34-19-13-14-24-44-34/h7-24,33,35,37-39,49H,25-26H2,1-6H3,(H,45,51)(H,46,50)(H,47,52)/t33-,35-,38+,39+/m0/s1. The molecule has 5 aromatic rings. The lowest BCUT2D eigenvalue weighted by Crippen LogP contribution is -2.57. The molecule has 2 heterocycles. The topological polar surface area (TPSA) is 156 Å². The van der Waals surface area contributed by atoms with Crippen LogP contribution >= 0.6 is 0 Å². The molecule has 0 aliphatic carbocycles. The van der Waals surface area contributed by atoms with E-state index in [2.05, 4.69) is 26.1 Å². The molecule has 0 aliphatic heterocycles. The molecule has 0 bridgehead atoms. The zero-order valence-corrected chi connectivity index (χ0v) is 31.6. The zero-order chi connectivity index (χ0) is 38.8. The van der Waals surface area contributed by atoms with Gasteiger partial charge in [0.25, 0.3) is 5.91 Å². The number of hydrogen-bond acceptors (Lipinski definition) is 8. The Hall–Kier alpha value is -5.81. The van der Waals surface area contributed by atoms with E-state index in [-0.39, 0.29) is 6.42 Å². The molecule has 4 atom stereocenters. The van der Waals surface area contributed by atoms with Gasteiger partial charge in [-0.25, -0.2) is 4.79 Å². The maximum atomic E-state index is 14.1. The minimum absolute atomic E-state index is 0.0472. The lowest BCUT2D eigenvalue weighted by Gasteiger charge is -2.35. The van der Waals surface area contributed by atoms with Crippen LogP contribution < -0.4 is 16.0 Å². The number of alkyl carbamates (subject to hydrolysis) is 1. The van der Waals surface area contributed by atoms with Gasteiger partial charge < -0.3 is 30.3 Å². The third-order valence-electron chi connectivity index (χ3n) is 9.49. The van der Waals surface area contributed by atoms with Crippen molar-refractivity contribution < 1.29 is 28.8 Å².